The zero-order chi connectivity index (χ0) is 14.4. The lowest BCUT2D eigenvalue weighted by Crippen LogP contribution is -2.18. The van der Waals surface area contributed by atoms with Gasteiger partial charge in [0.05, 0.1) is 17.8 Å². The quantitative estimate of drug-likeness (QED) is 0.691. The third kappa shape index (κ3) is 3.64. The van der Waals surface area contributed by atoms with Crippen molar-refractivity contribution >= 4 is 28.1 Å². The number of benzene rings is 1. The monoisotopic (exact) mass is 333 g/mol. The number of carbonyl (C=O) groups is 1. The van der Waals surface area contributed by atoms with Gasteiger partial charge in [0, 0.05) is 6.20 Å². The Morgan fingerprint density at radius 1 is 1.40 bits per heavy atom. The van der Waals surface area contributed by atoms with Gasteiger partial charge in [0.25, 0.3) is 5.91 Å². The minimum absolute atomic E-state index is 0.320. The van der Waals surface area contributed by atoms with Crippen LogP contribution in [-0.2, 0) is 0 Å². The standard InChI is InChI=1S/C14H12BrN3O2/c1-20-13-6-5-10(8-11(13)15)9-17-18-14(19)12-4-2-3-7-16-12/h2-9H,1H3,(H,18,19)/b17-9+. The number of methoxy groups -OCH3 is 1. The number of amides is 1. The highest BCUT2D eigenvalue weighted by atomic mass is 79.9. The van der Waals surface area contributed by atoms with Crippen LogP contribution in [0.25, 0.3) is 0 Å². The fourth-order valence-electron chi connectivity index (χ4n) is 1.48. The molecule has 1 heterocycles. The molecule has 1 N–H and O–H groups in total. The van der Waals surface area contributed by atoms with Gasteiger partial charge in [-0.15, -0.1) is 0 Å². The molecule has 102 valence electrons. The lowest BCUT2D eigenvalue weighted by molar-refractivity contribution is 0.0950. The Morgan fingerprint density at radius 3 is 2.90 bits per heavy atom. The van der Waals surface area contributed by atoms with Crippen molar-refractivity contribution in [2.75, 3.05) is 7.11 Å². The number of hydrogen-bond acceptors (Lipinski definition) is 4. The van der Waals surface area contributed by atoms with Gasteiger partial charge in [-0.3, -0.25) is 9.78 Å². The molecular weight excluding hydrogens is 322 g/mol. The second-order valence-electron chi connectivity index (χ2n) is 3.81. The van der Waals surface area contributed by atoms with Gasteiger partial charge in [-0.25, -0.2) is 5.43 Å². The summed E-state index contributed by atoms with van der Waals surface area (Å²) in [6, 6.07) is 10.6. The van der Waals surface area contributed by atoms with Gasteiger partial charge in [-0.2, -0.15) is 5.10 Å². The number of aromatic nitrogens is 1. The predicted molar refractivity (Wildman–Crippen MR) is 80.0 cm³/mol. The van der Waals surface area contributed by atoms with Crippen LogP contribution in [0.3, 0.4) is 0 Å². The maximum atomic E-state index is 11.7. The van der Waals surface area contributed by atoms with Gasteiger partial charge in [0.15, 0.2) is 0 Å². The first-order valence-electron chi connectivity index (χ1n) is 5.78. The number of ether oxygens (including phenoxy) is 1. The molecule has 1 aromatic heterocycles. The number of carbonyl (C=O) groups excluding carboxylic acids is 1. The summed E-state index contributed by atoms with van der Waals surface area (Å²) in [5.41, 5.74) is 3.57. The van der Waals surface area contributed by atoms with Crippen LogP contribution < -0.4 is 10.2 Å². The number of hydrogen-bond donors (Lipinski definition) is 1. The SMILES string of the molecule is COc1ccc(/C=N/NC(=O)c2ccccn2)cc1Br. The predicted octanol–water partition coefficient (Wildman–Crippen LogP) is 2.62. The molecule has 0 aliphatic rings. The number of hydrazone groups is 1. The molecular formula is C14H12BrN3O2. The molecule has 1 amide bonds. The molecule has 2 rings (SSSR count). The largest absolute Gasteiger partial charge is 0.496 e. The second kappa shape index (κ2) is 6.81. The molecule has 0 aliphatic carbocycles. The normalized spacial score (nSPS) is 10.5. The highest BCUT2D eigenvalue weighted by Crippen LogP contribution is 2.24. The molecule has 6 heteroatoms. The van der Waals surface area contributed by atoms with E-state index in [4.69, 9.17) is 4.74 Å². The van der Waals surface area contributed by atoms with Crippen molar-refractivity contribution in [1.82, 2.24) is 10.4 Å². The van der Waals surface area contributed by atoms with Gasteiger partial charge in [-0.05, 0) is 51.8 Å². The van der Waals surface area contributed by atoms with Crippen molar-refractivity contribution in [3.8, 4) is 5.75 Å². The molecule has 0 unspecified atom stereocenters. The van der Waals surface area contributed by atoms with Crippen molar-refractivity contribution in [1.29, 1.82) is 0 Å². The molecule has 5 nitrogen and oxygen atoms in total. The van der Waals surface area contributed by atoms with Crippen LogP contribution in [0, 0.1) is 0 Å². The van der Waals surface area contributed by atoms with Crippen LogP contribution in [0.15, 0.2) is 52.2 Å². The maximum Gasteiger partial charge on any atom is 0.289 e. The van der Waals surface area contributed by atoms with E-state index in [2.05, 4.69) is 31.4 Å². The van der Waals surface area contributed by atoms with Crippen molar-refractivity contribution < 1.29 is 9.53 Å². The zero-order valence-electron chi connectivity index (χ0n) is 10.7. The number of pyridine rings is 1. The number of nitrogens with one attached hydrogen (secondary N) is 1. The average molecular weight is 334 g/mol. The molecule has 2 aromatic rings. The van der Waals surface area contributed by atoms with Crippen LogP contribution in [0.5, 0.6) is 5.75 Å². The van der Waals surface area contributed by atoms with Crippen LogP contribution in [0.4, 0.5) is 0 Å². The van der Waals surface area contributed by atoms with Crippen LogP contribution >= 0.6 is 15.9 Å². The number of nitrogens with zero attached hydrogens (tertiary/aromatic N) is 2. The Balaban J connectivity index is 2.00. The van der Waals surface area contributed by atoms with Crippen LogP contribution in [0.2, 0.25) is 0 Å². The summed E-state index contributed by atoms with van der Waals surface area (Å²) >= 11 is 3.38. The molecule has 0 saturated carbocycles. The first-order chi connectivity index (χ1) is 9.70. The van der Waals surface area contributed by atoms with Crippen LogP contribution in [-0.4, -0.2) is 24.2 Å². The summed E-state index contributed by atoms with van der Waals surface area (Å²) in [6.45, 7) is 0. The smallest absolute Gasteiger partial charge is 0.289 e. The van der Waals surface area contributed by atoms with E-state index in [1.165, 1.54) is 0 Å². The van der Waals surface area contributed by atoms with Crippen molar-refractivity contribution in [3.63, 3.8) is 0 Å². The Bertz CT molecular complexity index is 630. The molecule has 1 aromatic carbocycles. The summed E-state index contributed by atoms with van der Waals surface area (Å²) < 4.78 is 5.95. The fraction of sp³-hybridized carbons (Fsp3) is 0.0714. The fourth-order valence-corrected chi connectivity index (χ4v) is 2.04. The zero-order valence-corrected chi connectivity index (χ0v) is 12.3. The average Bonchev–Trinajstić information content (AvgIpc) is 2.48. The summed E-state index contributed by atoms with van der Waals surface area (Å²) in [4.78, 5) is 15.6. The van der Waals surface area contributed by atoms with Crippen molar-refractivity contribution in [3.05, 3.63) is 58.3 Å². The van der Waals surface area contributed by atoms with Gasteiger partial charge >= 0.3 is 0 Å². The molecule has 0 radical (unpaired) electrons. The molecule has 0 atom stereocenters. The topological polar surface area (TPSA) is 63.6 Å². The summed E-state index contributed by atoms with van der Waals surface area (Å²) in [6.07, 6.45) is 3.10. The first kappa shape index (κ1) is 14.2. The van der Waals surface area contributed by atoms with E-state index >= 15 is 0 Å². The van der Waals surface area contributed by atoms with E-state index < -0.39 is 0 Å². The van der Waals surface area contributed by atoms with Gasteiger partial charge < -0.3 is 4.74 Å². The Hall–Kier alpha value is -2.21. The Labute approximate surface area is 124 Å². The second-order valence-corrected chi connectivity index (χ2v) is 4.66. The van der Waals surface area contributed by atoms with E-state index in [0.29, 0.717) is 5.69 Å². The third-order valence-electron chi connectivity index (χ3n) is 2.45. The molecule has 20 heavy (non-hydrogen) atoms. The number of halogens is 1. The Kier molecular flexibility index (Phi) is 4.84. The minimum atomic E-state index is -0.352. The van der Waals surface area contributed by atoms with Crippen molar-refractivity contribution in [2.45, 2.75) is 0 Å². The molecule has 0 fully saturated rings. The Morgan fingerprint density at radius 2 is 2.25 bits per heavy atom. The minimum Gasteiger partial charge on any atom is -0.496 e. The van der Waals surface area contributed by atoms with Crippen molar-refractivity contribution in [2.24, 2.45) is 5.10 Å². The molecule has 0 aliphatic heterocycles. The lowest BCUT2D eigenvalue weighted by atomic mass is 10.2. The van der Waals surface area contributed by atoms with Gasteiger partial charge in [0.2, 0.25) is 0 Å². The van der Waals surface area contributed by atoms with E-state index in [9.17, 15) is 4.79 Å². The van der Waals surface area contributed by atoms with E-state index in [1.807, 2.05) is 18.2 Å². The lowest BCUT2D eigenvalue weighted by Gasteiger charge is -2.03. The highest BCUT2D eigenvalue weighted by molar-refractivity contribution is 9.10. The molecule has 0 saturated heterocycles. The summed E-state index contributed by atoms with van der Waals surface area (Å²) in [7, 11) is 1.60. The summed E-state index contributed by atoms with van der Waals surface area (Å²) in [5, 5.41) is 3.89. The number of rotatable bonds is 4. The maximum absolute atomic E-state index is 11.7. The third-order valence-corrected chi connectivity index (χ3v) is 3.07. The molecule has 0 spiro atoms. The highest BCUT2D eigenvalue weighted by Gasteiger charge is 2.04. The first-order valence-corrected chi connectivity index (χ1v) is 6.58. The van der Waals surface area contributed by atoms with Crippen LogP contribution in [0.1, 0.15) is 16.1 Å². The van der Waals surface area contributed by atoms with E-state index in [0.717, 1.165) is 15.8 Å². The van der Waals surface area contributed by atoms with Gasteiger partial charge in [0.1, 0.15) is 11.4 Å². The van der Waals surface area contributed by atoms with Gasteiger partial charge in [-0.1, -0.05) is 6.07 Å². The van der Waals surface area contributed by atoms with E-state index in [-0.39, 0.29) is 5.91 Å². The van der Waals surface area contributed by atoms with E-state index in [1.54, 1.807) is 37.7 Å². The molecule has 0 bridgehead atoms. The summed E-state index contributed by atoms with van der Waals surface area (Å²) in [5.74, 6) is 0.383.